The molecule has 5 nitrogen and oxygen atoms in total. The lowest BCUT2D eigenvalue weighted by molar-refractivity contribution is -0.133. The summed E-state index contributed by atoms with van der Waals surface area (Å²) in [6, 6.07) is 10.5. The predicted molar refractivity (Wildman–Crippen MR) is 111 cm³/mol. The number of aromatic nitrogens is 2. The van der Waals surface area contributed by atoms with Crippen molar-refractivity contribution in [2.75, 3.05) is 33.7 Å². The second-order valence-electron chi connectivity index (χ2n) is 8.59. The normalized spacial score (nSPS) is 22.6. The van der Waals surface area contributed by atoms with Gasteiger partial charge in [0.05, 0.1) is 0 Å². The van der Waals surface area contributed by atoms with E-state index in [1.807, 2.05) is 12.3 Å². The summed E-state index contributed by atoms with van der Waals surface area (Å²) in [5, 5.41) is 0. The van der Waals surface area contributed by atoms with E-state index >= 15 is 0 Å². The molecular weight excluding hydrogens is 348 g/mol. The van der Waals surface area contributed by atoms with E-state index in [0.717, 1.165) is 51.9 Å². The van der Waals surface area contributed by atoms with Crippen molar-refractivity contribution >= 4 is 5.91 Å². The number of hydrogen-bond acceptors (Lipinski definition) is 3. The van der Waals surface area contributed by atoms with Crippen LogP contribution in [-0.4, -0.2) is 59.0 Å². The van der Waals surface area contributed by atoms with Gasteiger partial charge in [-0.05, 0) is 57.8 Å². The maximum Gasteiger partial charge on any atom is 0.226 e. The van der Waals surface area contributed by atoms with Crippen LogP contribution < -0.4 is 0 Å². The average Bonchev–Trinajstić information content (AvgIpc) is 3.39. The molecule has 0 bridgehead atoms. The number of hydrogen-bond donors (Lipinski definition) is 0. The van der Waals surface area contributed by atoms with Crippen molar-refractivity contribution in [1.82, 2.24) is 19.4 Å². The molecule has 150 valence electrons. The van der Waals surface area contributed by atoms with Crippen LogP contribution in [0, 0.1) is 5.92 Å². The summed E-state index contributed by atoms with van der Waals surface area (Å²) in [7, 11) is 4.23. The Labute approximate surface area is 168 Å². The highest BCUT2D eigenvalue weighted by atomic mass is 16.2. The molecule has 1 saturated carbocycles. The fourth-order valence-electron chi connectivity index (χ4n) is 4.56. The molecule has 1 saturated heterocycles. The average molecular weight is 381 g/mol. The molecule has 0 unspecified atom stereocenters. The number of nitrogens with zero attached hydrogens (tertiary/aromatic N) is 4. The van der Waals surface area contributed by atoms with Crippen LogP contribution in [0.3, 0.4) is 0 Å². The summed E-state index contributed by atoms with van der Waals surface area (Å²) in [5.74, 6) is 2.68. The van der Waals surface area contributed by atoms with Crippen LogP contribution in [-0.2, 0) is 11.3 Å². The van der Waals surface area contributed by atoms with Gasteiger partial charge in [0.2, 0.25) is 5.91 Å². The van der Waals surface area contributed by atoms with Crippen molar-refractivity contribution in [2.24, 2.45) is 5.92 Å². The molecule has 4 rings (SSSR count). The van der Waals surface area contributed by atoms with Crippen molar-refractivity contribution in [1.29, 1.82) is 0 Å². The van der Waals surface area contributed by atoms with E-state index in [4.69, 9.17) is 0 Å². The number of aryl methyl sites for hydroxylation is 1. The molecule has 28 heavy (non-hydrogen) atoms. The van der Waals surface area contributed by atoms with Gasteiger partial charge in [0.15, 0.2) is 0 Å². The van der Waals surface area contributed by atoms with Crippen molar-refractivity contribution in [2.45, 2.75) is 44.1 Å². The van der Waals surface area contributed by atoms with Gasteiger partial charge < -0.3 is 14.4 Å². The van der Waals surface area contributed by atoms with Gasteiger partial charge in [-0.1, -0.05) is 30.3 Å². The summed E-state index contributed by atoms with van der Waals surface area (Å²) < 4.78 is 2.32. The first kappa shape index (κ1) is 19.2. The van der Waals surface area contributed by atoms with E-state index in [1.54, 1.807) is 0 Å². The molecule has 1 aromatic heterocycles. The molecule has 2 heterocycles. The number of amides is 1. The molecular formula is C23H32N4O. The first-order valence-corrected chi connectivity index (χ1v) is 10.6. The first-order chi connectivity index (χ1) is 13.6. The lowest BCUT2D eigenvalue weighted by Gasteiger charge is -2.32. The van der Waals surface area contributed by atoms with Crippen LogP contribution in [0.2, 0.25) is 0 Å². The Morgan fingerprint density at radius 3 is 2.64 bits per heavy atom. The Morgan fingerprint density at radius 1 is 1.18 bits per heavy atom. The van der Waals surface area contributed by atoms with Crippen LogP contribution in [0.5, 0.6) is 0 Å². The van der Waals surface area contributed by atoms with Crippen LogP contribution in [0.15, 0.2) is 42.7 Å². The first-order valence-electron chi connectivity index (χ1n) is 10.6. The Hall–Kier alpha value is -2.14. The van der Waals surface area contributed by atoms with Gasteiger partial charge in [-0.3, -0.25) is 4.79 Å². The molecule has 2 aliphatic rings. The third-order valence-electron chi connectivity index (χ3n) is 6.26. The Bertz CT molecular complexity index is 777. The van der Waals surface area contributed by atoms with E-state index in [0.29, 0.717) is 17.7 Å². The highest BCUT2D eigenvalue weighted by Crippen LogP contribution is 2.48. The zero-order valence-electron chi connectivity index (χ0n) is 17.1. The lowest BCUT2D eigenvalue weighted by atomic mass is 9.95. The van der Waals surface area contributed by atoms with Gasteiger partial charge in [-0.2, -0.15) is 0 Å². The van der Waals surface area contributed by atoms with E-state index in [9.17, 15) is 4.79 Å². The number of benzene rings is 1. The summed E-state index contributed by atoms with van der Waals surface area (Å²) in [4.78, 5) is 21.9. The SMILES string of the molecule is CN(C)CCCn1ccnc1C1CCN(C(=O)[C@@H]2C[C@H]2c2ccccc2)CC1. The summed E-state index contributed by atoms with van der Waals surface area (Å²) in [6.45, 7) is 3.85. The minimum absolute atomic E-state index is 0.201. The van der Waals surface area contributed by atoms with E-state index in [2.05, 4.69) is 63.9 Å². The van der Waals surface area contributed by atoms with E-state index in [1.165, 1.54) is 11.4 Å². The van der Waals surface area contributed by atoms with Gasteiger partial charge in [-0.25, -0.2) is 4.98 Å². The quantitative estimate of drug-likeness (QED) is 0.740. The van der Waals surface area contributed by atoms with Crippen molar-refractivity contribution in [3.63, 3.8) is 0 Å². The highest BCUT2D eigenvalue weighted by molar-refractivity contribution is 5.83. The predicted octanol–water partition coefficient (Wildman–Crippen LogP) is 3.34. The third-order valence-corrected chi connectivity index (χ3v) is 6.26. The van der Waals surface area contributed by atoms with Gasteiger partial charge in [0.25, 0.3) is 0 Å². The molecule has 0 spiro atoms. The van der Waals surface area contributed by atoms with Crippen LogP contribution >= 0.6 is 0 Å². The molecule has 0 radical (unpaired) electrons. The Balaban J connectivity index is 1.29. The number of piperidine rings is 1. The number of likely N-dealkylation sites (tertiary alicyclic amines) is 1. The van der Waals surface area contributed by atoms with Crippen LogP contribution in [0.1, 0.15) is 48.9 Å². The molecule has 2 fully saturated rings. The minimum atomic E-state index is 0.201. The van der Waals surface area contributed by atoms with E-state index in [-0.39, 0.29) is 5.92 Å². The smallest absolute Gasteiger partial charge is 0.226 e. The van der Waals surface area contributed by atoms with Gasteiger partial charge in [-0.15, -0.1) is 0 Å². The second kappa shape index (κ2) is 8.48. The molecule has 2 aromatic rings. The summed E-state index contributed by atoms with van der Waals surface area (Å²) in [5.41, 5.74) is 1.32. The fraction of sp³-hybridized carbons (Fsp3) is 0.565. The van der Waals surface area contributed by atoms with Gasteiger partial charge in [0, 0.05) is 43.9 Å². The zero-order chi connectivity index (χ0) is 19.5. The maximum absolute atomic E-state index is 12.9. The monoisotopic (exact) mass is 380 g/mol. The fourth-order valence-corrected chi connectivity index (χ4v) is 4.56. The Morgan fingerprint density at radius 2 is 1.93 bits per heavy atom. The number of imidazole rings is 1. The van der Waals surface area contributed by atoms with Gasteiger partial charge >= 0.3 is 0 Å². The molecule has 0 N–H and O–H groups in total. The van der Waals surface area contributed by atoms with E-state index < -0.39 is 0 Å². The largest absolute Gasteiger partial charge is 0.342 e. The highest BCUT2D eigenvalue weighted by Gasteiger charge is 2.46. The van der Waals surface area contributed by atoms with Crippen LogP contribution in [0.25, 0.3) is 0 Å². The van der Waals surface area contributed by atoms with Crippen LogP contribution in [0.4, 0.5) is 0 Å². The standard InChI is InChI=1S/C23H32N4O/c1-25(2)12-6-13-26-16-11-24-22(26)19-9-14-27(15-10-19)23(28)21-17-20(21)18-7-4-3-5-8-18/h3-5,7-8,11,16,19-21H,6,9-10,12-15,17H2,1-2H3/t20-,21+/m0/s1. The molecule has 2 atom stereocenters. The van der Waals surface area contributed by atoms with Crippen molar-refractivity contribution in [3.8, 4) is 0 Å². The third kappa shape index (κ3) is 4.30. The Kier molecular flexibility index (Phi) is 5.81. The molecule has 1 aliphatic carbocycles. The maximum atomic E-state index is 12.9. The number of carbonyl (C=O) groups is 1. The zero-order valence-corrected chi connectivity index (χ0v) is 17.1. The second-order valence-corrected chi connectivity index (χ2v) is 8.59. The number of rotatable bonds is 7. The topological polar surface area (TPSA) is 41.4 Å². The number of carbonyl (C=O) groups excluding carboxylic acids is 1. The van der Waals surface area contributed by atoms with Gasteiger partial charge in [0.1, 0.15) is 5.82 Å². The van der Waals surface area contributed by atoms with Crippen molar-refractivity contribution in [3.05, 3.63) is 54.1 Å². The summed E-state index contributed by atoms with van der Waals surface area (Å²) >= 11 is 0. The van der Waals surface area contributed by atoms with Crippen molar-refractivity contribution < 1.29 is 4.79 Å². The molecule has 5 heteroatoms. The lowest BCUT2D eigenvalue weighted by Crippen LogP contribution is -2.39. The molecule has 1 amide bonds. The molecule has 1 aliphatic heterocycles. The summed E-state index contributed by atoms with van der Waals surface area (Å²) in [6.07, 6.45) is 8.24. The minimum Gasteiger partial charge on any atom is -0.342 e. The molecule has 1 aromatic carbocycles.